The van der Waals surface area contributed by atoms with Crippen LogP contribution in [0.15, 0.2) is 0 Å². The molecule has 2 saturated carbocycles. The number of hydrogen-bond acceptors (Lipinski definition) is 3. The molecule has 0 radical (unpaired) electrons. The summed E-state index contributed by atoms with van der Waals surface area (Å²) in [6.45, 7) is 0. The molecule has 2 N–H and O–H groups in total. The standard InChI is InChI=1S/C10H17NO2.ClH/c1-13-10(12)8-4-5-9(11)7-3-2-6(7)8;/h6-9H,2-5,11H2,1H3;1H. The van der Waals surface area contributed by atoms with Crippen LogP contribution in [0.25, 0.3) is 0 Å². The molecule has 0 heterocycles. The molecule has 0 spiro atoms. The lowest BCUT2D eigenvalue weighted by molar-refractivity contribution is -0.153. The Labute approximate surface area is 90.8 Å². The zero-order valence-corrected chi connectivity index (χ0v) is 9.26. The van der Waals surface area contributed by atoms with E-state index in [1.165, 1.54) is 13.5 Å². The van der Waals surface area contributed by atoms with Gasteiger partial charge in [0, 0.05) is 6.04 Å². The highest BCUT2D eigenvalue weighted by Crippen LogP contribution is 2.47. The number of carbonyl (C=O) groups excluding carboxylic acids is 1. The van der Waals surface area contributed by atoms with Gasteiger partial charge in [0.2, 0.25) is 0 Å². The van der Waals surface area contributed by atoms with Crippen molar-refractivity contribution >= 4 is 18.4 Å². The van der Waals surface area contributed by atoms with Gasteiger partial charge in [0.05, 0.1) is 13.0 Å². The molecule has 2 fully saturated rings. The molecular weight excluding hydrogens is 202 g/mol. The Morgan fingerprint density at radius 2 is 1.86 bits per heavy atom. The largest absolute Gasteiger partial charge is 0.469 e. The lowest BCUT2D eigenvalue weighted by Gasteiger charge is -2.48. The highest BCUT2D eigenvalue weighted by atomic mass is 35.5. The van der Waals surface area contributed by atoms with Gasteiger partial charge in [-0.25, -0.2) is 0 Å². The van der Waals surface area contributed by atoms with Gasteiger partial charge in [0.1, 0.15) is 0 Å². The zero-order chi connectivity index (χ0) is 9.42. The van der Waals surface area contributed by atoms with Gasteiger partial charge >= 0.3 is 5.97 Å². The maximum absolute atomic E-state index is 11.4. The van der Waals surface area contributed by atoms with Crippen molar-refractivity contribution in [2.24, 2.45) is 23.5 Å². The molecule has 0 aromatic carbocycles. The van der Waals surface area contributed by atoms with E-state index in [4.69, 9.17) is 10.5 Å². The first-order chi connectivity index (χ1) is 6.24. The van der Waals surface area contributed by atoms with E-state index in [2.05, 4.69) is 0 Å². The predicted octanol–water partition coefficient (Wildman–Crippen LogP) is 1.34. The van der Waals surface area contributed by atoms with Crippen molar-refractivity contribution in [3.63, 3.8) is 0 Å². The maximum atomic E-state index is 11.4. The molecule has 0 saturated heterocycles. The van der Waals surface area contributed by atoms with E-state index in [9.17, 15) is 4.79 Å². The minimum Gasteiger partial charge on any atom is -0.469 e. The molecule has 0 aromatic rings. The number of ether oxygens (including phenoxy) is 1. The third-order valence-corrected chi connectivity index (χ3v) is 3.76. The molecule has 2 rings (SSSR count). The Morgan fingerprint density at radius 1 is 1.21 bits per heavy atom. The number of methoxy groups -OCH3 is 1. The summed E-state index contributed by atoms with van der Waals surface area (Å²) in [6, 6.07) is 0.333. The minimum atomic E-state index is -0.0263. The second kappa shape index (κ2) is 4.49. The van der Waals surface area contributed by atoms with Crippen LogP contribution >= 0.6 is 12.4 Å². The highest BCUT2D eigenvalue weighted by Gasteiger charge is 2.46. The number of rotatable bonds is 1. The second-order valence-corrected chi connectivity index (χ2v) is 4.28. The van der Waals surface area contributed by atoms with Crippen LogP contribution in [0.2, 0.25) is 0 Å². The zero-order valence-electron chi connectivity index (χ0n) is 8.44. The van der Waals surface area contributed by atoms with Crippen LogP contribution in [0.1, 0.15) is 25.7 Å². The van der Waals surface area contributed by atoms with Gasteiger partial charge in [-0.1, -0.05) is 0 Å². The first-order valence-electron chi connectivity index (χ1n) is 5.07. The van der Waals surface area contributed by atoms with Crippen molar-refractivity contribution in [1.29, 1.82) is 0 Å². The van der Waals surface area contributed by atoms with E-state index >= 15 is 0 Å². The third kappa shape index (κ3) is 1.75. The molecule has 4 unspecified atom stereocenters. The third-order valence-electron chi connectivity index (χ3n) is 3.76. The first-order valence-corrected chi connectivity index (χ1v) is 5.07. The molecule has 0 aromatic heterocycles. The molecule has 0 amide bonds. The van der Waals surface area contributed by atoms with Crippen LogP contribution in [0.4, 0.5) is 0 Å². The number of halogens is 1. The van der Waals surface area contributed by atoms with Crippen LogP contribution in [-0.4, -0.2) is 19.1 Å². The number of fused-ring (bicyclic) bond motifs is 1. The summed E-state index contributed by atoms with van der Waals surface area (Å²) < 4.78 is 4.80. The summed E-state index contributed by atoms with van der Waals surface area (Å²) in [5.41, 5.74) is 5.97. The van der Waals surface area contributed by atoms with Crippen molar-refractivity contribution in [1.82, 2.24) is 0 Å². The van der Waals surface area contributed by atoms with E-state index in [1.807, 2.05) is 0 Å². The molecule has 2 aliphatic carbocycles. The summed E-state index contributed by atoms with van der Waals surface area (Å²) in [6.07, 6.45) is 4.29. The predicted molar refractivity (Wildman–Crippen MR) is 56.2 cm³/mol. The van der Waals surface area contributed by atoms with E-state index < -0.39 is 0 Å². The van der Waals surface area contributed by atoms with E-state index in [1.54, 1.807) is 0 Å². The van der Waals surface area contributed by atoms with Gasteiger partial charge in [-0.3, -0.25) is 4.79 Å². The molecule has 2 aliphatic rings. The normalized spacial score (nSPS) is 40.1. The Kier molecular flexibility index (Phi) is 3.78. The van der Waals surface area contributed by atoms with Crippen molar-refractivity contribution in [2.45, 2.75) is 31.7 Å². The summed E-state index contributed by atoms with van der Waals surface area (Å²) >= 11 is 0. The lowest BCUT2D eigenvalue weighted by Crippen LogP contribution is -2.50. The van der Waals surface area contributed by atoms with Gasteiger partial charge in [-0.05, 0) is 37.5 Å². The van der Waals surface area contributed by atoms with Crippen LogP contribution in [0.5, 0.6) is 0 Å². The van der Waals surface area contributed by atoms with Crippen molar-refractivity contribution in [3.8, 4) is 0 Å². The van der Waals surface area contributed by atoms with Crippen LogP contribution in [0.3, 0.4) is 0 Å². The van der Waals surface area contributed by atoms with Crippen LogP contribution < -0.4 is 5.73 Å². The maximum Gasteiger partial charge on any atom is 0.308 e. The van der Waals surface area contributed by atoms with Crippen molar-refractivity contribution in [2.75, 3.05) is 7.11 Å². The summed E-state index contributed by atoms with van der Waals surface area (Å²) in [5.74, 6) is 1.24. The van der Waals surface area contributed by atoms with E-state index in [-0.39, 0.29) is 24.3 Å². The average molecular weight is 220 g/mol. The summed E-state index contributed by atoms with van der Waals surface area (Å²) in [4.78, 5) is 11.4. The molecule has 3 nitrogen and oxygen atoms in total. The Balaban J connectivity index is 0.000000980. The highest BCUT2D eigenvalue weighted by molar-refractivity contribution is 5.85. The fourth-order valence-corrected chi connectivity index (χ4v) is 2.83. The number of hydrogen-bond donors (Lipinski definition) is 1. The van der Waals surface area contributed by atoms with Gasteiger partial charge in [0.25, 0.3) is 0 Å². The minimum absolute atomic E-state index is 0. The molecule has 4 atom stereocenters. The molecule has 0 bridgehead atoms. The summed E-state index contributed by atoms with van der Waals surface area (Å²) in [7, 11) is 1.48. The molecule has 14 heavy (non-hydrogen) atoms. The Hall–Kier alpha value is -0.280. The Morgan fingerprint density at radius 3 is 2.36 bits per heavy atom. The van der Waals surface area contributed by atoms with Gasteiger partial charge in [-0.2, -0.15) is 0 Å². The van der Waals surface area contributed by atoms with Gasteiger partial charge in [-0.15, -0.1) is 12.4 Å². The van der Waals surface area contributed by atoms with E-state index in [0.29, 0.717) is 17.9 Å². The van der Waals surface area contributed by atoms with Gasteiger partial charge < -0.3 is 10.5 Å². The fourth-order valence-electron chi connectivity index (χ4n) is 2.83. The van der Waals surface area contributed by atoms with Crippen LogP contribution in [-0.2, 0) is 9.53 Å². The quantitative estimate of drug-likeness (QED) is 0.678. The van der Waals surface area contributed by atoms with E-state index in [0.717, 1.165) is 19.3 Å². The SMILES string of the molecule is COC(=O)C1CCC(N)C2CCC12.Cl. The van der Waals surface area contributed by atoms with Gasteiger partial charge in [0.15, 0.2) is 0 Å². The monoisotopic (exact) mass is 219 g/mol. The van der Waals surface area contributed by atoms with Crippen molar-refractivity contribution < 1.29 is 9.53 Å². The molecular formula is C10H18ClNO2. The number of esters is 1. The smallest absolute Gasteiger partial charge is 0.308 e. The average Bonchev–Trinajstić information content (AvgIpc) is 2.06. The first kappa shape index (κ1) is 11.8. The van der Waals surface area contributed by atoms with Crippen LogP contribution in [0, 0.1) is 17.8 Å². The molecule has 0 aliphatic heterocycles. The fraction of sp³-hybridized carbons (Fsp3) is 0.900. The topological polar surface area (TPSA) is 52.3 Å². The second-order valence-electron chi connectivity index (χ2n) is 4.28. The molecule has 4 heteroatoms. The molecule has 82 valence electrons. The number of nitrogens with two attached hydrogens (primary N) is 1. The lowest BCUT2D eigenvalue weighted by atomic mass is 9.58. The van der Waals surface area contributed by atoms with Crippen molar-refractivity contribution in [3.05, 3.63) is 0 Å². The Bertz CT molecular complexity index is 222. The summed E-state index contributed by atoms with van der Waals surface area (Å²) in [5, 5.41) is 0. The number of carbonyl (C=O) groups is 1.